The fourth-order valence-electron chi connectivity index (χ4n) is 2.75. The maximum absolute atomic E-state index is 12.4. The zero-order valence-corrected chi connectivity index (χ0v) is 12.3. The average Bonchev–Trinajstić information content (AvgIpc) is 2.97. The Morgan fingerprint density at radius 3 is 3.05 bits per heavy atom. The molecule has 0 aromatic carbocycles. The summed E-state index contributed by atoms with van der Waals surface area (Å²) in [6.07, 6.45) is 6.24. The normalized spacial score (nSPS) is 18.5. The minimum Gasteiger partial charge on any atom is -0.481 e. The van der Waals surface area contributed by atoms with Crippen molar-refractivity contribution in [3.63, 3.8) is 0 Å². The molecule has 1 fully saturated rings. The molecular weight excluding hydrogens is 272 g/mol. The van der Waals surface area contributed by atoms with Crippen molar-refractivity contribution in [3.8, 4) is 0 Å². The van der Waals surface area contributed by atoms with E-state index < -0.39 is 5.97 Å². The number of hydrogen-bond acceptors (Lipinski definition) is 3. The van der Waals surface area contributed by atoms with E-state index >= 15 is 0 Å². The van der Waals surface area contributed by atoms with Crippen LogP contribution in [0.15, 0.2) is 12.4 Å². The van der Waals surface area contributed by atoms with Crippen LogP contribution in [0.25, 0.3) is 0 Å². The van der Waals surface area contributed by atoms with Gasteiger partial charge in [-0.25, -0.2) is 4.79 Å². The number of aliphatic carboxylic acids is 1. The molecule has 0 spiro atoms. The Balaban J connectivity index is 1.84. The number of likely N-dealkylation sites (tertiary alicyclic amines) is 1. The second-order valence-electron chi connectivity index (χ2n) is 5.63. The van der Waals surface area contributed by atoms with Crippen molar-refractivity contribution in [2.24, 2.45) is 5.92 Å². The number of carbonyl (C=O) groups is 2. The smallest absolute Gasteiger partial charge is 0.320 e. The first-order valence-corrected chi connectivity index (χ1v) is 7.25. The molecule has 116 valence electrons. The van der Waals surface area contributed by atoms with Gasteiger partial charge in [-0.2, -0.15) is 5.10 Å². The number of nitrogens with zero attached hydrogens (tertiary/aromatic N) is 3. The van der Waals surface area contributed by atoms with E-state index in [4.69, 9.17) is 5.11 Å². The molecule has 1 aliphatic heterocycles. The average molecular weight is 294 g/mol. The predicted octanol–water partition coefficient (Wildman–Crippen LogP) is 1.54. The van der Waals surface area contributed by atoms with Crippen LogP contribution < -0.4 is 0 Å². The zero-order chi connectivity index (χ0) is 15.2. The number of H-pyrrole nitrogens is 1. The van der Waals surface area contributed by atoms with Crippen molar-refractivity contribution >= 4 is 12.0 Å². The summed E-state index contributed by atoms with van der Waals surface area (Å²) in [6, 6.07) is -0.00350. The van der Waals surface area contributed by atoms with Crippen LogP contribution in [0.3, 0.4) is 0 Å². The molecule has 1 atom stereocenters. The fourth-order valence-corrected chi connectivity index (χ4v) is 2.75. The van der Waals surface area contributed by atoms with Gasteiger partial charge in [0.2, 0.25) is 0 Å². The molecule has 1 aromatic heterocycles. The molecule has 0 aliphatic carbocycles. The van der Waals surface area contributed by atoms with Gasteiger partial charge >= 0.3 is 12.0 Å². The van der Waals surface area contributed by atoms with Crippen LogP contribution in [0.1, 0.15) is 31.2 Å². The molecule has 1 aromatic rings. The standard InChI is InChI=1S/C14H22N4O3/c1-17(9-12-7-15-16-8-12)14(21)18-6-2-3-11(10-18)4-5-13(19)20/h7-8,11H,2-6,9-10H2,1H3,(H,15,16)(H,19,20). The number of carbonyl (C=O) groups excluding carboxylic acids is 1. The maximum atomic E-state index is 12.4. The molecule has 1 saturated heterocycles. The van der Waals surface area contributed by atoms with Crippen molar-refractivity contribution in [3.05, 3.63) is 18.0 Å². The number of urea groups is 1. The summed E-state index contributed by atoms with van der Waals surface area (Å²) in [5.74, 6) is -0.475. The minimum absolute atomic E-state index is 0.00350. The molecule has 2 N–H and O–H groups in total. The van der Waals surface area contributed by atoms with Gasteiger partial charge < -0.3 is 14.9 Å². The monoisotopic (exact) mass is 294 g/mol. The van der Waals surface area contributed by atoms with Crippen LogP contribution >= 0.6 is 0 Å². The molecule has 7 heteroatoms. The number of rotatable bonds is 5. The first-order valence-electron chi connectivity index (χ1n) is 7.25. The van der Waals surface area contributed by atoms with Crippen LogP contribution in [0.5, 0.6) is 0 Å². The van der Waals surface area contributed by atoms with Gasteiger partial charge in [-0.1, -0.05) is 0 Å². The molecule has 2 rings (SSSR count). The molecule has 1 aliphatic rings. The first kappa shape index (κ1) is 15.3. The van der Waals surface area contributed by atoms with Crippen LogP contribution in [-0.4, -0.2) is 57.2 Å². The third-order valence-corrected chi connectivity index (χ3v) is 3.86. The Morgan fingerprint density at radius 1 is 1.57 bits per heavy atom. The lowest BCUT2D eigenvalue weighted by Gasteiger charge is -2.35. The van der Waals surface area contributed by atoms with Gasteiger partial charge in [0.05, 0.1) is 12.7 Å². The third kappa shape index (κ3) is 4.47. The van der Waals surface area contributed by atoms with Crippen molar-refractivity contribution in [1.82, 2.24) is 20.0 Å². The SMILES string of the molecule is CN(Cc1cn[nH]c1)C(=O)N1CCCC(CCC(=O)O)C1. The number of aromatic amines is 1. The number of amides is 2. The summed E-state index contributed by atoms with van der Waals surface area (Å²) in [4.78, 5) is 26.6. The highest BCUT2D eigenvalue weighted by molar-refractivity contribution is 5.74. The Morgan fingerprint density at radius 2 is 2.38 bits per heavy atom. The quantitative estimate of drug-likeness (QED) is 0.862. The van der Waals surface area contributed by atoms with E-state index in [2.05, 4.69) is 10.2 Å². The summed E-state index contributed by atoms with van der Waals surface area (Å²) in [7, 11) is 1.77. The zero-order valence-electron chi connectivity index (χ0n) is 12.3. The lowest BCUT2D eigenvalue weighted by atomic mass is 9.93. The van der Waals surface area contributed by atoms with E-state index in [1.807, 2.05) is 4.90 Å². The maximum Gasteiger partial charge on any atom is 0.320 e. The van der Waals surface area contributed by atoms with E-state index in [1.165, 1.54) is 0 Å². The van der Waals surface area contributed by atoms with Gasteiger partial charge in [-0.3, -0.25) is 9.89 Å². The summed E-state index contributed by atoms with van der Waals surface area (Å²) >= 11 is 0. The summed E-state index contributed by atoms with van der Waals surface area (Å²) in [5, 5.41) is 15.4. The largest absolute Gasteiger partial charge is 0.481 e. The molecule has 0 bridgehead atoms. The van der Waals surface area contributed by atoms with Crippen molar-refractivity contribution < 1.29 is 14.7 Å². The first-order chi connectivity index (χ1) is 10.1. The van der Waals surface area contributed by atoms with Gasteiger partial charge in [0.25, 0.3) is 0 Å². The number of piperidine rings is 1. The summed E-state index contributed by atoms with van der Waals surface area (Å²) in [6.45, 7) is 1.92. The van der Waals surface area contributed by atoms with E-state index in [1.54, 1.807) is 24.3 Å². The molecule has 1 unspecified atom stereocenters. The molecule has 2 amide bonds. The lowest BCUT2D eigenvalue weighted by molar-refractivity contribution is -0.137. The number of hydrogen-bond donors (Lipinski definition) is 2. The van der Waals surface area contributed by atoms with Crippen LogP contribution in [-0.2, 0) is 11.3 Å². The van der Waals surface area contributed by atoms with Crippen molar-refractivity contribution in [1.29, 1.82) is 0 Å². The second kappa shape index (κ2) is 7.10. The molecule has 0 radical (unpaired) electrons. The Bertz CT molecular complexity index is 475. The van der Waals surface area contributed by atoms with Gasteiger partial charge in [0, 0.05) is 38.3 Å². The summed E-state index contributed by atoms with van der Waals surface area (Å²) < 4.78 is 0. The number of aromatic nitrogens is 2. The van der Waals surface area contributed by atoms with Gasteiger partial charge in [0.1, 0.15) is 0 Å². The van der Waals surface area contributed by atoms with E-state index in [9.17, 15) is 9.59 Å². The molecule has 21 heavy (non-hydrogen) atoms. The highest BCUT2D eigenvalue weighted by atomic mass is 16.4. The highest BCUT2D eigenvalue weighted by Crippen LogP contribution is 2.22. The van der Waals surface area contributed by atoms with Crippen LogP contribution in [0, 0.1) is 5.92 Å². The Hall–Kier alpha value is -2.05. The molecular formula is C14H22N4O3. The highest BCUT2D eigenvalue weighted by Gasteiger charge is 2.26. The topological polar surface area (TPSA) is 89.5 Å². The third-order valence-electron chi connectivity index (χ3n) is 3.86. The van der Waals surface area contributed by atoms with E-state index in [-0.39, 0.29) is 12.5 Å². The molecule has 7 nitrogen and oxygen atoms in total. The number of nitrogens with one attached hydrogen (secondary N) is 1. The van der Waals surface area contributed by atoms with Crippen molar-refractivity contribution in [2.75, 3.05) is 20.1 Å². The van der Waals surface area contributed by atoms with Crippen LogP contribution in [0.2, 0.25) is 0 Å². The number of carboxylic acid groups (broad SMARTS) is 1. The fraction of sp³-hybridized carbons (Fsp3) is 0.643. The lowest BCUT2D eigenvalue weighted by Crippen LogP contribution is -2.46. The predicted molar refractivity (Wildman–Crippen MR) is 76.6 cm³/mol. The van der Waals surface area contributed by atoms with Crippen LogP contribution in [0.4, 0.5) is 4.79 Å². The Labute approximate surface area is 123 Å². The molecule has 2 heterocycles. The van der Waals surface area contributed by atoms with Crippen molar-refractivity contribution in [2.45, 2.75) is 32.2 Å². The van der Waals surface area contributed by atoms with E-state index in [0.29, 0.717) is 25.4 Å². The van der Waals surface area contributed by atoms with E-state index in [0.717, 1.165) is 24.9 Å². The van der Waals surface area contributed by atoms with Gasteiger partial charge in [-0.05, 0) is 25.2 Å². The van der Waals surface area contributed by atoms with Gasteiger partial charge in [0.15, 0.2) is 0 Å². The summed E-state index contributed by atoms with van der Waals surface area (Å²) in [5.41, 5.74) is 0.963. The second-order valence-corrected chi connectivity index (χ2v) is 5.63. The Kier molecular flexibility index (Phi) is 5.19. The minimum atomic E-state index is -0.768. The molecule has 0 saturated carbocycles. The number of carboxylic acids is 1. The van der Waals surface area contributed by atoms with Gasteiger partial charge in [-0.15, -0.1) is 0 Å².